The van der Waals surface area contributed by atoms with Crippen LogP contribution in [-0.4, -0.2) is 34.4 Å². The quantitative estimate of drug-likeness (QED) is 0.687. The molecule has 0 fully saturated rings. The van der Waals surface area contributed by atoms with Crippen LogP contribution in [-0.2, 0) is 28.0 Å². The van der Waals surface area contributed by atoms with Gasteiger partial charge in [-0.1, -0.05) is 12.1 Å². The Labute approximate surface area is 155 Å². The van der Waals surface area contributed by atoms with Crippen LogP contribution in [0.15, 0.2) is 41.3 Å². The molecule has 0 saturated carbocycles. The minimum Gasteiger partial charge on any atom is -0.461 e. The van der Waals surface area contributed by atoms with Crippen LogP contribution in [0.3, 0.4) is 0 Å². The topological polar surface area (TPSA) is 119 Å². The molecule has 0 saturated heterocycles. The highest BCUT2D eigenvalue weighted by Crippen LogP contribution is 2.09. The molecule has 1 heterocycles. The molecule has 9 heteroatoms. The molecule has 2 N–H and O–H groups in total. The Balaban J connectivity index is 1.87. The number of aryl methyl sites for hydroxylation is 1. The van der Waals surface area contributed by atoms with E-state index < -0.39 is 17.6 Å². The van der Waals surface area contributed by atoms with E-state index in [1.807, 2.05) is 0 Å². The monoisotopic (exact) mass is 372 g/mol. The molecule has 0 atom stereocenters. The summed E-state index contributed by atoms with van der Waals surface area (Å²) in [5, 5.41) is 4.97. The molecule has 0 aliphatic rings. The zero-order valence-electron chi connectivity index (χ0n) is 15.0. The van der Waals surface area contributed by atoms with Gasteiger partial charge in [0.05, 0.1) is 6.42 Å². The molecule has 0 bridgehead atoms. The molecule has 2 aromatic rings. The Morgan fingerprint density at radius 1 is 1.11 bits per heavy atom. The second-order valence-electron chi connectivity index (χ2n) is 5.69. The molecule has 2 amide bonds. The summed E-state index contributed by atoms with van der Waals surface area (Å²) in [5.41, 5.74) is 0.597. The molecule has 2 rings (SSSR count). The zero-order chi connectivity index (χ0) is 19.8. The van der Waals surface area contributed by atoms with Crippen LogP contribution in [0.25, 0.3) is 0 Å². The fraction of sp³-hybridized carbons (Fsp3) is 0.278. The standard InChI is InChI=1S/C18H20N4O5/c1-19-15(23)7-8-16(24)27-11-12-3-5-13(6-4-12)17(25)20-14-9-10-22(2)18(26)21-14/h3-6,9-10H,7-8,11H2,1-2H3,(H,19,23)(H,20,21,25,26). The van der Waals surface area contributed by atoms with E-state index in [2.05, 4.69) is 15.6 Å². The summed E-state index contributed by atoms with van der Waals surface area (Å²) in [6.07, 6.45) is 1.58. The van der Waals surface area contributed by atoms with Gasteiger partial charge >= 0.3 is 11.7 Å². The lowest BCUT2D eigenvalue weighted by Gasteiger charge is -2.07. The van der Waals surface area contributed by atoms with Crippen molar-refractivity contribution in [3.63, 3.8) is 0 Å². The van der Waals surface area contributed by atoms with Crippen molar-refractivity contribution in [3.05, 3.63) is 58.1 Å². The first kappa shape index (κ1) is 19.8. The van der Waals surface area contributed by atoms with Gasteiger partial charge in [0.2, 0.25) is 5.91 Å². The summed E-state index contributed by atoms with van der Waals surface area (Å²) in [4.78, 5) is 50.0. The third-order valence-corrected chi connectivity index (χ3v) is 3.67. The highest BCUT2D eigenvalue weighted by Gasteiger charge is 2.09. The van der Waals surface area contributed by atoms with Gasteiger partial charge in [0.25, 0.3) is 5.91 Å². The SMILES string of the molecule is CNC(=O)CCC(=O)OCc1ccc(C(=O)Nc2ccn(C)c(=O)n2)cc1. The largest absolute Gasteiger partial charge is 0.461 e. The molecule has 0 spiro atoms. The van der Waals surface area contributed by atoms with Gasteiger partial charge in [0.15, 0.2) is 0 Å². The number of anilines is 1. The first-order chi connectivity index (χ1) is 12.9. The Bertz CT molecular complexity index is 889. The molecular weight excluding hydrogens is 352 g/mol. The maximum atomic E-state index is 12.2. The van der Waals surface area contributed by atoms with E-state index in [-0.39, 0.29) is 31.2 Å². The normalized spacial score (nSPS) is 10.1. The average Bonchev–Trinajstić information content (AvgIpc) is 2.67. The highest BCUT2D eigenvalue weighted by atomic mass is 16.5. The Morgan fingerprint density at radius 3 is 2.44 bits per heavy atom. The molecule has 1 aromatic carbocycles. The molecule has 0 aliphatic carbocycles. The van der Waals surface area contributed by atoms with Crippen LogP contribution in [0.5, 0.6) is 0 Å². The lowest BCUT2D eigenvalue weighted by molar-refractivity contribution is -0.146. The summed E-state index contributed by atoms with van der Waals surface area (Å²) >= 11 is 0. The summed E-state index contributed by atoms with van der Waals surface area (Å²) in [6, 6.07) is 7.97. The van der Waals surface area contributed by atoms with Gasteiger partial charge in [0, 0.05) is 32.3 Å². The van der Waals surface area contributed by atoms with Crippen molar-refractivity contribution in [2.24, 2.45) is 7.05 Å². The van der Waals surface area contributed by atoms with Crippen molar-refractivity contribution in [1.82, 2.24) is 14.9 Å². The van der Waals surface area contributed by atoms with E-state index >= 15 is 0 Å². The van der Waals surface area contributed by atoms with Crippen molar-refractivity contribution >= 4 is 23.6 Å². The summed E-state index contributed by atoms with van der Waals surface area (Å²) in [5.74, 6) is -0.952. The lowest BCUT2D eigenvalue weighted by atomic mass is 10.1. The highest BCUT2D eigenvalue weighted by molar-refractivity contribution is 6.03. The van der Waals surface area contributed by atoms with Crippen LogP contribution in [0.1, 0.15) is 28.8 Å². The minimum atomic E-state index is -0.475. The van der Waals surface area contributed by atoms with Gasteiger partial charge < -0.3 is 19.9 Å². The molecule has 0 aliphatic heterocycles. The van der Waals surface area contributed by atoms with E-state index in [1.165, 1.54) is 23.9 Å². The predicted molar refractivity (Wildman–Crippen MR) is 97.0 cm³/mol. The number of hydrogen-bond donors (Lipinski definition) is 2. The molecule has 27 heavy (non-hydrogen) atoms. The average molecular weight is 372 g/mol. The number of ether oxygens (including phenoxy) is 1. The van der Waals surface area contributed by atoms with Gasteiger partial charge in [-0.3, -0.25) is 14.4 Å². The number of carbonyl (C=O) groups is 3. The van der Waals surface area contributed by atoms with Crippen molar-refractivity contribution in [3.8, 4) is 0 Å². The van der Waals surface area contributed by atoms with E-state index in [4.69, 9.17) is 4.74 Å². The second kappa shape index (κ2) is 9.27. The number of carbonyl (C=O) groups excluding carboxylic acids is 3. The van der Waals surface area contributed by atoms with Crippen molar-refractivity contribution in [2.45, 2.75) is 19.4 Å². The van der Waals surface area contributed by atoms with Gasteiger partial charge in [0.1, 0.15) is 12.4 Å². The number of hydrogen-bond acceptors (Lipinski definition) is 6. The number of nitrogens with zero attached hydrogens (tertiary/aromatic N) is 2. The van der Waals surface area contributed by atoms with Gasteiger partial charge in [-0.25, -0.2) is 4.79 Å². The molecule has 0 unspecified atom stereocenters. The van der Waals surface area contributed by atoms with E-state index in [0.29, 0.717) is 11.1 Å². The summed E-state index contributed by atoms with van der Waals surface area (Å²) < 4.78 is 6.37. The van der Waals surface area contributed by atoms with Crippen molar-refractivity contribution in [2.75, 3.05) is 12.4 Å². The van der Waals surface area contributed by atoms with Crippen LogP contribution in [0.2, 0.25) is 0 Å². The number of nitrogens with one attached hydrogen (secondary N) is 2. The van der Waals surface area contributed by atoms with Crippen molar-refractivity contribution in [1.29, 1.82) is 0 Å². The van der Waals surface area contributed by atoms with E-state index in [0.717, 1.165) is 0 Å². The summed E-state index contributed by atoms with van der Waals surface area (Å²) in [7, 11) is 3.06. The first-order valence-corrected chi connectivity index (χ1v) is 8.19. The molecule has 1 aromatic heterocycles. The van der Waals surface area contributed by atoms with Gasteiger partial charge in [-0.15, -0.1) is 0 Å². The molecule has 9 nitrogen and oxygen atoms in total. The molecular formula is C18H20N4O5. The zero-order valence-corrected chi connectivity index (χ0v) is 15.0. The van der Waals surface area contributed by atoms with Crippen LogP contribution in [0, 0.1) is 0 Å². The third kappa shape index (κ3) is 6.07. The number of aromatic nitrogens is 2. The Morgan fingerprint density at radius 2 is 1.81 bits per heavy atom. The lowest BCUT2D eigenvalue weighted by Crippen LogP contribution is -2.22. The fourth-order valence-electron chi connectivity index (χ4n) is 2.05. The Hall–Kier alpha value is -3.49. The van der Waals surface area contributed by atoms with Crippen molar-refractivity contribution < 1.29 is 19.1 Å². The number of esters is 1. The smallest absolute Gasteiger partial charge is 0.349 e. The maximum absolute atomic E-state index is 12.2. The first-order valence-electron chi connectivity index (χ1n) is 8.19. The van der Waals surface area contributed by atoms with Crippen LogP contribution < -0.4 is 16.3 Å². The number of amides is 2. The maximum Gasteiger partial charge on any atom is 0.349 e. The van der Waals surface area contributed by atoms with E-state index in [9.17, 15) is 19.2 Å². The van der Waals surface area contributed by atoms with Gasteiger partial charge in [-0.05, 0) is 23.8 Å². The number of rotatable bonds is 7. The minimum absolute atomic E-state index is 0.00367. The predicted octanol–water partition coefficient (Wildman–Crippen LogP) is 0.602. The third-order valence-electron chi connectivity index (χ3n) is 3.67. The number of benzene rings is 1. The van der Waals surface area contributed by atoms with E-state index in [1.54, 1.807) is 31.3 Å². The second-order valence-corrected chi connectivity index (χ2v) is 5.69. The molecule has 0 radical (unpaired) electrons. The van der Waals surface area contributed by atoms with Gasteiger partial charge in [-0.2, -0.15) is 4.98 Å². The Kier molecular flexibility index (Phi) is 6.81. The van der Waals surface area contributed by atoms with Crippen LogP contribution in [0.4, 0.5) is 5.82 Å². The summed E-state index contributed by atoms with van der Waals surface area (Å²) in [6.45, 7) is 0.0464. The fourth-order valence-corrected chi connectivity index (χ4v) is 2.05. The molecule has 142 valence electrons. The van der Waals surface area contributed by atoms with Crippen LogP contribution >= 0.6 is 0 Å².